The van der Waals surface area contributed by atoms with Gasteiger partial charge in [0.1, 0.15) is 0 Å². The van der Waals surface area contributed by atoms with Gasteiger partial charge >= 0.3 is 0 Å². The molecular formula is C23H34O2S. The predicted molar refractivity (Wildman–Crippen MR) is 109 cm³/mol. The predicted octanol–water partition coefficient (Wildman–Crippen LogP) is 4.41. The summed E-state index contributed by atoms with van der Waals surface area (Å²) in [5.74, 6) is 9.92. The van der Waals surface area contributed by atoms with E-state index in [0.717, 1.165) is 50.2 Å². The van der Waals surface area contributed by atoms with E-state index in [9.17, 15) is 10.2 Å². The number of fused-ring (bicyclic) bond motifs is 5. The van der Waals surface area contributed by atoms with E-state index in [4.69, 9.17) is 0 Å². The lowest BCUT2D eigenvalue weighted by Gasteiger charge is -2.58. The Hall–Kier alpha value is -0.430. The van der Waals surface area contributed by atoms with Crippen LogP contribution >= 0.6 is 11.8 Å². The molecule has 144 valence electrons. The quantitative estimate of drug-likeness (QED) is 0.556. The molecule has 3 saturated carbocycles. The third-order valence-electron chi connectivity index (χ3n) is 8.51. The zero-order valence-corrected chi connectivity index (χ0v) is 17.2. The summed E-state index contributed by atoms with van der Waals surface area (Å²) in [6.45, 7) is 2.35. The monoisotopic (exact) mass is 374 g/mol. The maximum absolute atomic E-state index is 10.6. The van der Waals surface area contributed by atoms with Gasteiger partial charge in [-0.3, -0.25) is 0 Å². The molecule has 2 unspecified atom stereocenters. The van der Waals surface area contributed by atoms with Crippen LogP contribution < -0.4 is 0 Å². The molecule has 0 bridgehead atoms. The van der Waals surface area contributed by atoms with Gasteiger partial charge < -0.3 is 10.2 Å². The van der Waals surface area contributed by atoms with Crippen molar-refractivity contribution >= 4 is 11.8 Å². The summed E-state index contributed by atoms with van der Waals surface area (Å²) in [6.07, 6.45) is 13.9. The van der Waals surface area contributed by atoms with Crippen molar-refractivity contribution in [2.24, 2.45) is 28.6 Å². The Morgan fingerprint density at radius 2 is 1.92 bits per heavy atom. The molecule has 3 fully saturated rings. The van der Waals surface area contributed by atoms with Gasteiger partial charge in [-0.1, -0.05) is 24.5 Å². The summed E-state index contributed by atoms with van der Waals surface area (Å²) in [5, 5.41) is 20.9. The highest BCUT2D eigenvalue weighted by Gasteiger charge is 2.59. The van der Waals surface area contributed by atoms with Crippen molar-refractivity contribution in [2.75, 3.05) is 12.0 Å². The van der Waals surface area contributed by atoms with Crippen LogP contribution in [0.15, 0.2) is 11.6 Å². The largest absolute Gasteiger partial charge is 0.393 e. The van der Waals surface area contributed by atoms with Crippen LogP contribution in [0.25, 0.3) is 0 Å². The van der Waals surface area contributed by atoms with E-state index in [1.165, 1.54) is 24.8 Å². The fraction of sp³-hybridized carbons (Fsp3) is 0.826. The van der Waals surface area contributed by atoms with Crippen LogP contribution in [0.4, 0.5) is 0 Å². The van der Waals surface area contributed by atoms with E-state index in [1.807, 2.05) is 0 Å². The first-order valence-electron chi connectivity index (χ1n) is 10.5. The first-order chi connectivity index (χ1) is 12.5. The number of rotatable bonds is 2. The number of aliphatic hydroxyl groups excluding tert-OH is 2. The summed E-state index contributed by atoms with van der Waals surface area (Å²) < 4.78 is 0. The summed E-state index contributed by atoms with van der Waals surface area (Å²) in [5.41, 5.74) is 1.85. The maximum Gasteiger partial charge on any atom is 0.0724 e. The first kappa shape index (κ1) is 18.9. The van der Waals surface area contributed by atoms with E-state index in [-0.39, 0.29) is 23.0 Å². The zero-order chi connectivity index (χ0) is 18.4. The zero-order valence-electron chi connectivity index (χ0n) is 16.3. The van der Waals surface area contributed by atoms with Crippen LogP contribution in [-0.2, 0) is 0 Å². The van der Waals surface area contributed by atoms with E-state index in [2.05, 4.69) is 31.1 Å². The fourth-order valence-electron chi connectivity index (χ4n) is 7.15. The number of aliphatic hydroxyl groups is 2. The Labute approximate surface area is 163 Å². The van der Waals surface area contributed by atoms with Crippen LogP contribution in [0.2, 0.25) is 0 Å². The van der Waals surface area contributed by atoms with Gasteiger partial charge in [0, 0.05) is 11.8 Å². The average Bonchev–Trinajstić information content (AvgIpc) is 2.94. The highest BCUT2D eigenvalue weighted by molar-refractivity contribution is 7.98. The molecule has 0 radical (unpaired) electrons. The standard InChI is InChI=1S/C23H34O2S/c1-22-12-10-20-18(19(22)7-8-21(22)25)6-5-16-15-17(24)9-13-23(16,20)11-3-4-14-26-2/h15,17-21,24-25H,5-14H2,1-2H3/t17?,18-,19-,20+,21?,22-,23-/m0/s1. The Morgan fingerprint density at radius 1 is 1.08 bits per heavy atom. The third kappa shape index (κ3) is 2.88. The molecule has 7 atom stereocenters. The van der Waals surface area contributed by atoms with Crippen LogP contribution in [0.5, 0.6) is 0 Å². The molecule has 2 nitrogen and oxygen atoms in total. The molecule has 0 saturated heterocycles. The van der Waals surface area contributed by atoms with Gasteiger partial charge in [0.25, 0.3) is 0 Å². The van der Waals surface area contributed by atoms with E-state index >= 15 is 0 Å². The normalized spacial score (nSPS) is 47.1. The number of allylic oxidation sites excluding steroid dienone is 1. The van der Waals surface area contributed by atoms with Gasteiger partial charge in [-0.15, -0.1) is 5.92 Å². The van der Waals surface area contributed by atoms with Crippen LogP contribution in [-0.4, -0.2) is 34.4 Å². The summed E-state index contributed by atoms with van der Waals surface area (Å²) >= 11 is 1.79. The first-order valence-corrected chi connectivity index (χ1v) is 11.9. The van der Waals surface area contributed by atoms with Gasteiger partial charge in [-0.25, -0.2) is 0 Å². The molecule has 3 heteroatoms. The van der Waals surface area contributed by atoms with E-state index in [0.29, 0.717) is 11.8 Å². The van der Waals surface area contributed by atoms with E-state index < -0.39 is 0 Å². The molecule has 2 N–H and O–H groups in total. The molecule has 0 aromatic rings. The van der Waals surface area contributed by atoms with Crippen LogP contribution in [0.1, 0.15) is 64.7 Å². The van der Waals surface area contributed by atoms with Crippen molar-refractivity contribution in [3.63, 3.8) is 0 Å². The number of thioether (sulfide) groups is 1. The molecule has 0 amide bonds. The van der Waals surface area contributed by atoms with Gasteiger partial charge in [0.2, 0.25) is 0 Å². The molecule has 0 aromatic carbocycles. The van der Waals surface area contributed by atoms with E-state index in [1.54, 1.807) is 11.8 Å². The van der Waals surface area contributed by atoms with Gasteiger partial charge in [-0.2, -0.15) is 11.8 Å². The van der Waals surface area contributed by atoms with Crippen molar-refractivity contribution in [3.8, 4) is 11.8 Å². The van der Waals surface area contributed by atoms with Gasteiger partial charge in [0.15, 0.2) is 0 Å². The minimum absolute atomic E-state index is 0.101. The number of hydrogen-bond donors (Lipinski definition) is 2. The minimum atomic E-state index is -0.254. The molecule has 0 aromatic heterocycles. The second-order valence-electron chi connectivity index (χ2n) is 9.47. The third-order valence-corrected chi connectivity index (χ3v) is 8.94. The second-order valence-corrected chi connectivity index (χ2v) is 10.3. The highest BCUT2D eigenvalue weighted by atomic mass is 32.2. The molecule has 0 heterocycles. The van der Waals surface area contributed by atoms with Crippen molar-refractivity contribution < 1.29 is 10.2 Å². The Morgan fingerprint density at radius 3 is 2.73 bits per heavy atom. The maximum atomic E-state index is 10.6. The molecule has 0 spiro atoms. The summed E-state index contributed by atoms with van der Waals surface area (Å²) in [4.78, 5) is 0. The highest BCUT2D eigenvalue weighted by Crippen LogP contribution is 2.66. The van der Waals surface area contributed by atoms with Crippen molar-refractivity contribution in [1.82, 2.24) is 0 Å². The second kappa shape index (κ2) is 7.19. The smallest absolute Gasteiger partial charge is 0.0724 e. The summed E-state index contributed by atoms with van der Waals surface area (Å²) in [7, 11) is 0. The lowest BCUT2D eigenvalue weighted by molar-refractivity contribution is -0.0796. The van der Waals surface area contributed by atoms with Crippen molar-refractivity contribution in [2.45, 2.75) is 76.9 Å². The minimum Gasteiger partial charge on any atom is -0.393 e. The molecular weight excluding hydrogens is 340 g/mol. The van der Waals surface area contributed by atoms with Crippen molar-refractivity contribution in [1.29, 1.82) is 0 Å². The van der Waals surface area contributed by atoms with Crippen molar-refractivity contribution in [3.05, 3.63) is 11.6 Å². The molecule has 4 aliphatic rings. The lowest BCUT2D eigenvalue weighted by atomic mass is 9.46. The Kier molecular flexibility index (Phi) is 5.23. The molecule has 0 aliphatic heterocycles. The molecule has 4 aliphatic carbocycles. The summed E-state index contributed by atoms with van der Waals surface area (Å²) in [6, 6.07) is 0. The average molecular weight is 375 g/mol. The van der Waals surface area contributed by atoms with Crippen LogP contribution in [0, 0.1) is 40.4 Å². The SMILES string of the molecule is CSCC#CC[C@]12CCC(O)C=C1CC[C@@H]1[C@H]2CC[C@]2(C)C(O)CC[C@@H]12. The van der Waals surface area contributed by atoms with Gasteiger partial charge in [-0.05, 0) is 80.8 Å². The van der Waals surface area contributed by atoms with Gasteiger partial charge in [0.05, 0.1) is 18.0 Å². The fourth-order valence-corrected chi connectivity index (χ4v) is 7.40. The Balaban J connectivity index is 1.66. The lowest BCUT2D eigenvalue weighted by Crippen LogP contribution is -2.52. The van der Waals surface area contributed by atoms with Crippen LogP contribution in [0.3, 0.4) is 0 Å². The topological polar surface area (TPSA) is 40.5 Å². The molecule has 4 rings (SSSR count). The number of hydrogen-bond acceptors (Lipinski definition) is 3. The molecule has 26 heavy (non-hydrogen) atoms. The Bertz CT molecular complexity index is 632.